The van der Waals surface area contributed by atoms with Crippen molar-refractivity contribution in [2.24, 2.45) is 0 Å². The molecule has 0 aromatic carbocycles. The van der Waals surface area contributed by atoms with E-state index in [9.17, 15) is 0 Å². The van der Waals surface area contributed by atoms with Gasteiger partial charge in [-0.15, -0.1) is 0 Å². The van der Waals surface area contributed by atoms with E-state index < -0.39 is 0 Å². The fourth-order valence-corrected chi connectivity index (χ4v) is 2.31. The SMILES string of the molecule is C=C(C)N[C@H]1CCCC[C@@H]1[NH+](C)C. The van der Waals surface area contributed by atoms with E-state index in [4.69, 9.17) is 0 Å². The molecular formula is C11H23N2+. The summed E-state index contributed by atoms with van der Waals surface area (Å²) in [5.74, 6) is 0. The van der Waals surface area contributed by atoms with Crippen molar-refractivity contribution in [3.05, 3.63) is 12.3 Å². The van der Waals surface area contributed by atoms with E-state index in [0.717, 1.165) is 11.7 Å². The van der Waals surface area contributed by atoms with E-state index in [1.54, 1.807) is 4.90 Å². The number of allylic oxidation sites excluding steroid dienone is 1. The monoisotopic (exact) mass is 183 g/mol. The molecule has 2 heteroatoms. The van der Waals surface area contributed by atoms with E-state index in [1.807, 2.05) is 0 Å². The zero-order chi connectivity index (χ0) is 9.84. The molecular weight excluding hydrogens is 160 g/mol. The Hall–Kier alpha value is -0.500. The van der Waals surface area contributed by atoms with Crippen LogP contribution in [0, 0.1) is 0 Å². The van der Waals surface area contributed by atoms with Gasteiger partial charge in [-0.2, -0.15) is 0 Å². The lowest BCUT2D eigenvalue weighted by Crippen LogP contribution is -3.12. The average molecular weight is 183 g/mol. The van der Waals surface area contributed by atoms with Gasteiger partial charge >= 0.3 is 0 Å². The average Bonchev–Trinajstić information content (AvgIpc) is 2.03. The fourth-order valence-electron chi connectivity index (χ4n) is 2.31. The molecule has 0 radical (unpaired) electrons. The third-order valence-corrected chi connectivity index (χ3v) is 2.94. The normalized spacial score (nSPS) is 28.9. The van der Waals surface area contributed by atoms with Crippen LogP contribution in [0.3, 0.4) is 0 Å². The van der Waals surface area contributed by atoms with Crippen LogP contribution >= 0.6 is 0 Å². The number of rotatable bonds is 3. The molecule has 0 aromatic heterocycles. The van der Waals surface area contributed by atoms with Gasteiger partial charge in [0.2, 0.25) is 0 Å². The summed E-state index contributed by atoms with van der Waals surface area (Å²) >= 11 is 0. The zero-order valence-corrected chi connectivity index (χ0v) is 9.19. The summed E-state index contributed by atoms with van der Waals surface area (Å²) in [6.07, 6.45) is 5.43. The molecule has 0 spiro atoms. The number of hydrogen-bond acceptors (Lipinski definition) is 1. The third-order valence-electron chi connectivity index (χ3n) is 2.94. The highest BCUT2D eigenvalue weighted by Gasteiger charge is 2.29. The number of hydrogen-bond donors (Lipinski definition) is 2. The lowest BCUT2D eigenvalue weighted by Gasteiger charge is -2.34. The molecule has 76 valence electrons. The summed E-state index contributed by atoms with van der Waals surface area (Å²) in [6, 6.07) is 1.42. The molecule has 1 saturated carbocycles. The molecule has 13 heavy (non-hydrogen) atoms. The summed E-state index contributed by atoms with van der Waals surface area (Å²) in [7, 11) is 4.51. The topological polar surface area (TPSA) is 16.5 Å². The second-order valence-corrected chi connectivity index (χ2v) is 4.50. The highest BCUT2D eigenvalue weighted by molar-refractivity contribution is 4.92. The van der Waals surface area contributed by atoms with Crippen LogP contribution in [0.2, 0.25) is 0 Å². The second-order valence-electron chi connectivity index (χ2n) is 4.50. The first kappa shape index (κ1) is 10.6. The van der Waals surface area contributed by atoms with Gasteiger partial charge in [-0.3, -0.25) is 0 Å². The van der Waals surface area contributed by atoms with Crippen molar-refractivity contribution >= 4 is 0 Å². The summed E-state index contributed by atoms with van der Waals surface area (Å²) in [4.78, 5) is 1.57. The lowest BCUT2D eigenvalue weighted by atomic mass is 9.89. The number of quaternary nitrogens is 1. The van der Waals surface area contributed by atoms with Gasteiger partial charge in [0, 0.05) is 12.1 Å². The molecule has 1 fully saturated rings. The Kier molecular flexibility index (Phi) is 3.79. The molecule has 2 atom stereocenters. The quantitative estimate of drug-likeness (QED) is 0.654. The van der Waals surface area contributed by atoms with Gasteiger partial charge < -0.3 is 10.2 Å². The molecule has 1 aliphatic rings. The number of likely N-dealkylation sites (N-methyl/N-ethyl adjacent to an activating group) is 1. The maximum absolute atomic E-state index is 3.92. The van der Waals surface area contributed by atoms with Gasteiger partial charge in [-0.1, -0.05) is 13.0 Å². The molecule has 0 unspecified atom stereocenters. The molecule has 0 aromatic rings. The summed E-state index contributed by atoms with van der Waals surface area (Å²) in [5.41, 5.74) is 1.11. The van der Waals surface area contributed by atoms with E-state index in [0.29, 0.717) is 6.04 Å². The van der Waals surface area contributed by atoms with E-state index in [1.165, 1.54) is 25.7 Å². The standard InChI is InChI=1S/C11H22N2/c1-9(2)12-10-7-5-6-8-11(10)13(3)4/h10-12H,1,5-8H2,2-4H3/p+1/t10-,11-/m0/s1. The molecule has 1 rings (SSSR count). The Morgan fingerprint density at radius 2 is 1.92 bits per heavy atom. The minimum Gasteiger partial charge on any atom is -0.381 e. The van der Waals surface area contributed by atoms with Crippen molar-refractivity contribution in [3.8, 4) is 0 Å². The van der Waals surface area contributed by atoms with Gasteiger partial charge in [0.25, 0.3) is 0 Å². The molecule has 1 aliphatic carbocycles. The van der Waals surface area contributed by atoms with E-state index >= 15 is 0 Å². The van der Waals surface area contributed by atoms with Crippen molar-refractivity contribution in [1.82, 2.24) is 5.32 Å². The van der Waals surface area contributed by atoms with E-state index in [2.05, 4.69) is 32.9 Å². The van der Waals surface area contributed by atoms with E-state index in [-0.39, 0.29) is 0 Å². The van der Waals surface area contributed by atoms with Gasteiger partial charge in [0.15, 0.2) is 0 Å². The first-order valence-electron chi connectivity index (χ1n) is 5.33. The predicted octanol–water partition coefficient (Wildman–Crippen LogP) is 0.565. The Morgan fingerprint density at radius 1 is 1.31 bits per heavy atom. The minimum absolute atomic E-state index is 0.649. The summed E-state index contributed by atoms with van der Waals surface area (Å²) in [6.45, 7) is 5.97. The van der Waals surface area contributed by atoms with Crippen LogP contribution in [0.4, 0.5) is 0 Å². The lowest BCUT2D eigenvalue weighted by molar-refractivity contribution is -0.888. The first-order chi connectivity index (χ1) is 6.11. The second kappa shape index (κ2) is 4.66. The Bertz CT molecular complexity index is 175. The van der Waals surface area contributed by atoms with Crippen molar-refractivity contribution in [1.29, 1.82) is 0 Å². The van der Waals surface area contributed by atoms with Crippen LogP contribution in [-0.4, -0.2) is 26.2 Å². The predicted molar refractivity (Wildman–Crippen MR) is 56.8 cm³/mol. The van der Waals surface area contributed by atoms with Crippen LogP contribution in [0.25, 0.3) is 0 Å². The van der Waals surface area contributed by atoms with Crippen molar-refractivity contribution < 1.29 is 4.90 Å². The van der Waals surface area contributed by atoms with Gasteiger partial charge in [-0.25, -0.2) is 0 Å². The molecule has 0 saturated heterocycles. The van der Waals surface area contributed by atoms with Gasteiger partial charge in [0.1, 0.15) is 6.04 Å². The fraction of sp³-hybridized carbons (Fsp3) is 0.818. The van der Waals surface area contributed by atoms with Crippen LogP contribution in [0.15, 0.2) is 12.3 Å². The smallest absolute Gasteiger partial charge is 0.107 e. The Labute approximate surface area is 82.0 Å². The van der Waals surface area contributed by atoms with Crippen molar-refractivity contribution in [2.45, 2.75) is 44.7 Å². The highest BCUT2D eigenvalue weighted by Crippen LogP contribution is 2.17. The van der Waals surface area contributed by atoms with Crippen LogP contribution in [0.1, 0.15) is 32.6 Å². The maximum atomic E-state index is 3.92. The molecule has 0 heterocycles. The Morgan fingerprint density at radius 3 is 2.46 bits per heavy atom. The molecule has 0 bridgehead atoms. The molecule has 2 N–H and O–H groups in total. The summed E-state index contributed by atoms with van der Waals surface area (Å²) < 4.78 is 0. The Balaban J connectivity index is 2.51. The zero-order valence-electron chi connectivity index (χ0n) is 9.19. The third kappa shape index (κ3) is 3.03. The number of nitrogens with one attached hydrogen (secondary N) is 2. The first-order valence-corrected chi connectivity index (χ1v) is 5.33. The van der Waals surface area contributed by atoms with Gasteiger partial charge in [-0.05, 0) is 19.8 Å². The molecule has 0 aliphatic heterocycles. The maximum Gasteiger partial charge on any atom is 0.107 e. The van der Waals surface area contributed by atoms with Crippen LogP contribution < -0.4 is 10.2 Å². The largest absolute Gasteiger partial charge is 0.381 e. The van der Waals surface area contributed by atoms with Crippen molar-refractivity contribution in [3.63, 3.8) is 0 Å². The molecule has 2 nitrogen and oxygen atoms in total. The summed E-state index contributed by atoms with van der Waals surface area (Å²) in [5, 5.41) is 3.50. The van der Waals surface area contributed by atoms with Crippen molar-refractivity contribution in [2.75, 3.05) is 14.1 Å². The highest BCUT2D eigenvalue weighted by atomic mass is 15.1. The minimum atomic E-state index is 0.649. The van der Waals surface area contributed by atoms with Crippen LogP contribution in [0.5, 0.6) is 0 Å². The van der Waals surface area contributed by atoms with Crippen LogP contribution in [-0.2, 0) is 0 Å². The van der Waals surface area contributed by atoms with Gasteiger partial charge in [0.05, 0.1) is 20.1 Å². The molecule has 0 amide bonds.